The highest BCUT2D eigenvalue weighted by atomic mass is 16.5. The van der Waals surface area contributed by atoms with Crippen molar-refractivity contribution in [3.8, 4) is 5.75 Å². The van der Waals surface area contributed by atoms with Gasteiger partial charge in [-0.2, -0.15) is 0 Å². The van der Waals surface area contributed by atoms with Gasteiger partial charge < -0.3 is 10.1 Å². The van der Waals surface area contributed by atoms with E-state index in [-0.39, 0.29) is 0 Å². The first-order valence-corrected chi connectivity index (χ1v) is 6.41. The number of methoxy groups -OCH3 is 1. The summed E-state index contributed by atoms with van der Waals surface area (Å²) < 4.78 is 5.23. The molecular weight excluding hydrogens is 250 g/mol. The number of hydrogen-bond donors (Lipinski definition) is 1. The Morgan fingerprint density at radius 1 is 1.00 bits per heavy atom. The lowest BCUT2D eigenvalue weighted by molar-refractivity contribution is 0.415. The molecule has 3 aromatic rings. The molecule has 0 radical (unpaired) electrons. The Bertz CT molecular complexity index is 756. The molecule has 3 rings (SSSR count). The standard InChI is InChI=1S/C16H15N3O/c1-11-17-15-9-4-3-8-14(15)16(18-11)19-12-6-5-7-13(10-12)20-2/h3-10H,1-2H3,(H,17,18,19). The Kier molecular flexibility index (Phi) is 3.21. The zero-order valence-corrected chi connectivity index (χ0v) is 11.4. The molecule has 1 aromatic heterocycles. The highest BCUT2D eigenvalue weighted by Crippen LogP contribution is 2.25. The molecule has 1 heterocycles. The van der Waals surface area contributed by atoms with Crippen LogP contribution in [-0.4, -0.2) is 17.1 Å². The number of aryl methyl sites for hydroxylation is 1. The van der Waals surface area contributed by atoms with Crippen LogP contribution >= 0.6 is 0 Å². The molecule has 0 amide bonds. The van der Waals surface area contributed by atoms with Crippen LogP contribution in [0, 0.1) is 6.92 Å². The third-order valence-corrected chi connectivity index (χ3v) is 3.05. The summed E-state index contributed by atoms with van der Waals surface area (Å²) in [6.45, 7) is 1.89. The van der Waals surface area contributed by atoms with Gasteiger partial charge in [0.25, 0.3) is 0 Å². The summed E-state index contributed by atoms with van der Waals surface area (Å²) in [6.07, 6.45) is 0. The molecule has 0 saturated carbocycles. The van der Waals surface area contributed by atoms with Crippen LogP contribution in [0.15, 0.2) is 48.5 Å². The van der Waals surface area contributed by atoms with Gasteiger partial charge in [0, 0.05) is 17.1 Å². The van der Waals surface area contributed by atoms with Gasteiger partial charge in [-0.25, -0.2) is 9.97 Å². The van der Waals surface area contributed by atoms with Gasteiger partial charge in [0.05, 0.1) is 12.6 Å². The number of anilines is 2. The fourth-order valence-corrected chi connectivity index (χ4v) is 2.13. The predicted octanol–water partition coefficient (Wildman–Crippen LogP) is 3.69. The second-order valence-electron chi connectivity index (χ2n) is 4.49. The maximum atomic E-state index is 5.23. The van der Waals surface area contributed by atoms with Crippen LogP contribution in [0.2, 0.25) is 0 Å². The summed E-state index contributed by atoms with van der Waals surface area (Å²) in [7, 11) is 1.66. The summed E-state index contributed by atoms with van der Waals surface area (Å²) in [5.74, 6) is 2.36. The average Bonchev–Trinajstić information content (AvgIpc) is 2.47. The number of ether oxygens (including phenoxy) is 1. The molecule has 0 saturated heterocycles. The fourth-order valence-electron chi connectivity index (χ4n) is 2.13. The lowest BCUT2D eigenvalue weighted by Crippen LogP contribution is -1.99. The predicted molar refractivity (Wildman–Crippen MR) is 80.6 cm³/mol. The molecule has 0 aliphatic heterocycles. The quantitative estimate of drug-likeness (QED) is 0.784. The van der Waals surface area contributed by atoms with Gasteiger partial charge in [-0.3, -0.25) is 0 Å². The molecule has 1 N–H and O–H groups in total. The van der Waals surface area contributed by atoms with Gasteiger partial charge in [-0.05, 0) is 31.2 Å². The molecule has 0 spiro atoms. The van der Waals surface area contributed by atoms with E-state index >= 15 is 0 Å². The van der Waals surface area contributed by atoms with Crippen molar-refractivity contribution >= 4 is 22.4 Å². The minimum atomic E-state index is 0.745. The number of rotatable bonds is 3. The van der Waals surface area contributed by atoms with Gasteiger partial charge in [0.1, 0.15) is 17.4 Å². The van der Waals surface area contributed by atoms with E-state index in [0.717, 1.165) is 34.0 Å². The van der Waals surface area contributed by atoms with E-state index in [1.54, 1.807) is 7.11 Å². The number of nitrogens with zero attached hydrogens (tertiary/aromatic N) is 2. The van der Waals surface area contributed by atoms with Crippen LogP contribution in [0.3, 0.4) is 0 Å². The molecule has 0 bridgehead atoms. The summed E-state index contributed by atoms with van der Waals surface area (Å²) >= 11 is 0. The van der Waals surface area contributed by atoms with Crippen molar-refractivity contribution in [3.63, 3.8) is 0 Å². The van der Waals surface area contributed by atoms with E-state index in [2.05, 4.69) is 15.3 Å². The second kappa shape index (κ2) is 5.17. The Morgan fingerprint density at radius 3 is 2.70 bits per heavy atom. The van der Waals surface area contributed by atoms with E-state index in [1.165, 1.54) is 0 Å². The number of hydrogen-bond acceptors (Lipinski definition) is 4. The monoisotopic (exact) mass is 265 g/mol. The van der Waals surface area contributed by atoms with Gasteiger partial charge in [-0.1, -0.05) is 18.2 Å². The van der Waals surface area contributed by atoms with E-state index in [1.807, 2.05) is 55.5 Å². The van der Waals surface area contributed by atoms with Gasteiger partial charge in [0.2, 0.25) is 0 Å². The minimum Gasteiger partial charge on any atom is -0.497 e. The van der Waals surface area contributed by atoms with Crippen LogP contribution in [0.1, 0.15) is 5.82 Å². The molecule has 0 unspecified atom stereocenters. The van der Waals surface area contributed by atoms with Crippen molar-refractivity contribution in [1.82, 2.24) is 9.97 Å². The smallest absolute Gasteiger partial charge is 0.142 e. The van der Waals surface area contributed by atoms with Crippen molar-refractivity contribution in [2.75, 3.05) is 12.4 Å². The van der Waals surface area contributed by atoms with E-state index in [4.69, 9.17) is 4.74 Å². The molecule has 0 aliphatic rings. The third kappa shape index (κ3) is 2.40. The van der Waals surface area contributed by atoms with Crippen molar-refractivity contribution in [2.24, 2.45) is 0 Å². The molecule has 0 aliphatic carbocycles. The zero-order valence-electron chi connectivity index (χ0n) is 11.4. The van der Waals surface area contributed by atoms with Crippen LogP contribution in [0.4, 0.5) is 11.5 Å². The zero-order chi connectivity index (χ0) is 13.9. The lowest BCUT2D eigenvalue weighted by atomic mass is 10.2. The molecule has 0 fully saturated rings. The first-order valence-electron chi connectivity index (χ1n) is 6.41. The first kappa shape index (κ1) is 12.4. The SMILES string of the molecule is COc1cccc(Nc2nc(C)nc3ccccc23)c1. The molecule has 4 nitrogen and oxygen atoms in total. The van der Waals surface area contributed by atoms with Gasteiger partial charge in [-0.15, -0.1) is 0 Å². The molecule has 4 heteroatoms. The van der Waals surface area contributed by atoms with Crippen molar-refractivity contribution in [3.05, 3.63) is 54.4 Å². The third-order valence-electron chi connectivity index (χ3n) is 3.05. The highest BCUT2D eigenvalue weighted by molar-refractivity contribution is 5.90. The Hall–Kier alpha value is -2.62. The number of nitrogens with one attached hydrogen (secondary N) is 1. The number of para-hydroxylation sites is 1. The first-order chi connectivity index (χ1) is 9.76. The minimum absolute atomic E-state index is 0.745. The molecule has 20 heavy (non-hydrogen) atoms. The molecule has 0 atom stereocenters. The normalized spacial score (nSPS) is 10.5. The fraction of sp³-hybridized carbons (Fsp3) is 0.125. The number of benzene rings is 2. The molecule has 2 aromatic carbocycles. The second-order valence-corrected chi connectivity index (χ2v) is 4.49. The number of aromatic nitrogens is 2. The summed E-state index contributed by atoms with van der Waals surface area (Å²) in [5, 5.41) is 4.33. The van der Waals surface area contributed by atoms with E-state index < -0.39 is 0 Å². The van der Waals surface area contributed by atoms with Crippen LogP contribution in [0.5, 0.6) is 5.75 Å². The maximum absolute atomic E-state index is 5.23. The topological polar surface area (TPSA) is 47.0 Å². The largest absolute Gasteiger partial charge is 0.497 e. The Balaban J connectivity index is 2.05. The van der Waals surface area contributed by atoms with E-state index in [0.29, 0.717) is 0 Å². The summed E-state index contributed by atoms with van der Waals surface area (Å²) in [4.78, 5) is 8.92. The van der Waals surface area contributed by atoms with Crippen LogP contribution in [-0.2, 0) is 0 Å². The molecular formula is C16H15N3O. The Labute approximate surface area is 117 Å². The molecule has 100 valence electrons. The lowest BCUT2D eigenvalue weighted by Gasteiger charge is -2.10. The van der Waals surface area contributed by atoms with Gasteiger partial charge >= 0.3 is 0 Å². The van der Waals surface area contributed by atoms with Gasteiger partial charge in [0.15, 0.2) is 0 Å². The van der Waals surface area contributed by atoms with Crippen molar-refractivity contribution in [2.45, 2.75) is 6.92 Å². The highest BCUT2D eigenvalue weighted by Gasteiger charge is 2.06. The maximum Gasteiger partial charge on any atom is 0.142 e. The van der Waals surface area contributed by atoms with Crippen LogP contribution in [0.25, 0.3) is 10.9 Å². The van der Waals surface area contributed by atoms with E-state index in [9.17, 15) is 0 Å². The van der Waals surface area contributed by atoms with Crippen molar-refractivity contribution < 1.29 is 4.74 Å². The number of fused-ring (bicyclic) bond motifs is 1. The summed E-state index contributed by atoms with van der Waals surface area (Å²) in [6, 6.07) is 15.7. The van der Waals surface area contributed by atoms with Crippen LogP contribution < -0.4 is 10.1 Å². The van der Waals surface area contributed by atoms with Crippen molar-refractivity contribution in [1.29, 1.82) is 0 Å². The Morgan fingerprint density at radius 2 is 1.85 bits per heavy atom. The summed E-state index contributed by atoms with van der Waals surface area (Å²) in [5.41, 5.74) is 1.87. The average molecular weight is 265 g/mol.